The van der Waals surface area contributed by atoms with Crippen LogP contribution in [0.2, 0.25) is 0 Å². The fraction of sp³-hybridized carbons (Fsp3) is 0.571. The second kappa shape index (κ2) is 4.85. The molecule has 1 aromatic heterocycles. The van der Waals surface area contributed by atoms with Gasteiger partial charge < -0.3 is 19.9 Å². The maximum absolute atomic E-state index is 12.4. The molecule has 108 valence electrons. The van der Waals surface area contributed by atoms with Crippen LogP contribution in [0.15, 0.2) is 12.3 Å². The van der Waals surface area contributed by atoms with Gasteiger partial charge in [-0.3, -0.25) is 4.79 Å². The molecule has 0 unspecified atom stereocenters. The van der Waals surface area contributed by atoms with Crippen molar-refractivity contribution >= 4 is 12.0 Å². The van der Waals surface area contributed by atoms with Gasteiger partial charge in [0.25, 0.3) is 5.91 Å². The normalized spacial score (nSPS) is 26.2. The van der Waals surface area contributed by atoms with Gasteiger partial charge in [-0.2, -0.15) is 0 Å². The minimum Gasteiger partial charge on any atom is -0.441 e. The molecule has 2 amide bonds. The highest BCUT2D eigenvalue weighted by Gasteiger charge is 2.41. The number of hydrogen-bond acceptors (Lipinski definition) is 3. The Labute approximate surface area is 117 Å². The Morgan fingerprint density at radius 1 is 1.40 bits per heavy atom. The van der Waals surface area contributed by atoms with Crippen LogP contribution in [0.5, 0.6) is 0 Å². The Balaban J connectivity index is 1.68. The SMILES string of the molecule is Cc1c[nH]c(C(=O)N2CCC[C@@]3(CC2)CNC(=O)O3)c1. The monoisotopic (exact) mass is 277 g/mol. The van der Waals surface area contributed by atoms with Crippen molar-refractivity contribution < 1.29 is 14.3 Å². The van der Waals surface area contributed by atoms with E-state index in [9.17, 15) is 9.59 Å². The molecule has 3 rings (SSSR count). The molecule has 6 nitrogen and oxygen atoms in total. The lowest BCUT2D eigenvalue weighted by Gasteiger charge is -2.24. The lowest BCUT2D eigenvalue weighted by molar-refractivity contribution is 0.0438. The van der Waals surface area contributed by atoms with Crippen molar-refractivity contribution in [3.05, 3.63) is 23.5 Å². The summed E-state index contributed by atoms with van der Waals surface area (Å²) in [7, 11) is 0. The molecule has 2 aliphatic rings. The molecule has 1 atom stereocenters. The summed E-state index contributed by atoms with van der Waals surface area (Å²) in [5.74, 6) is 0.0208. The number of hydrogen-bond donors (Lipinski definition) is 2. The number of aryl methyl sites for hydroxylation is 1. The zero-order valence-corrected chi connectivity index (χ0v) is 11.6. The quantitative estimate of drug-likeness (QED) is 0.815. The molecule has 0 aliphatic carbocycles. The van der Waals surface area contributed by atoms with Crippen LogP contribution in [0, 0.1) is 6.92 Å². The Hall–Kier alpha value is -1.98. The van der Waals surface area contributed by atoms with Crippen molar-refractivity contribution in [2.45, 2.75) is 31.8 Å². The number of H-pyrrole nitrogens is 1. The summed E-state index contributed by atoms with van der Waals surface area (Å²) in [4.78, 5) is 28.5. The van der Waals surface area contributed by atoms with Gasteiger partial charge in [0.15, 0.2) is 0 Å². The Bertz CT molecular complexity index is 540. The highest BCUT2D eigenvalue weighted by Crippen LogP contribution is 2.29. The van der Waals surface area contributed by atoms with Crippen molar-refractivity contribution in [3.63, 3.8) is 0 Å². The van der Waals surface area contributed by atoms with Gasteiger partial charge in [-0.15, -0.1) is 0 Å². The van der Waals surface area contributed by atoms with E-state index >= 15 is 0 Å². The molecule has 2 N–H and O–H groups in total. The highest BCUT2D eigenvalue weighted by atomic mass is 16.6. The summed E-state index contributed by atoms with van der Waals surface area (Å²) in [5, 5.41) is 2.72. The average Bonchev–Trinajstić information content (AvgIpc) is 2.93. The van der Waals surface area contributed by atoms with E-state index in [1.165, 1.54) is 0 Å². The number of amides is 2. The Morgan fingerprint density at radius 3 is 2.90 bits per heavy atom. The number of ether oxygens (including phenoxy) is 1. The molecule has 0 saturated carbocycles. The summed E-state index contributed by atoms with van der Waals surface area (Å²) in [6.07, 6.45) is 3.83. The number of likely N-dealkylation sites (tertiary alicyclic amines) is 1. The Morgan fingerprint density at radius 2 is 2.25 bits per heavy atom. The molecule has 1 aromatic rings. The van der Waals surface area contributed by atoms with E-state index in [0.717, 1.165) is 18.4 Å². The summed E-state index contributed by atoms with van der Waals surface area (Å²) in [5.41, 5.74) is 1.26. The van der Waals surface area contributed by atoms with Crippen molar-refractivity contribution in [1.82, 2.24) is 15.2 Å². The van der Waals surface area contributed by atoms with E-state index in [1.54, 1.807) is 0 Å². The summed E-state index contributed by atoms with van der Waals surface area (Å²) < 4.78 is 5.41. The van der Waals surface area contributed by atoms with E-state index in [2.05, 4.69) is 10.3 Å². The van der Waals surface area contributed by atoms with E-state index < -0.39 is 5.60 Å². The topological polar surface area (TPSA) is 74.4 Å². The van der Waals surface area contributed by atoms with Crippen molar-refractivity contribution in [3.8, 4) is 0 Å². The van der Waals surface area contributed by atoms with E-state index in [4.69, 9.17) is 4.74 Å². The molecule has 2 aliphatic heterocycles. The van der Waals surface area contributed by atoms with Gasteiger partial charge in [0.2, 0.25) is 0 Å². The molecular weight excluding hydrogens is 258 g/mol. The molecule has 0 aromatic carbocycles. The number of aromatic amines is 1. The van der Waals surface area contributed by atoms with Crippen molar-refractivity contribution in [1.29, 1.82) is 0 Å². The first-order valence-corrected chi connectivity index (χ1v) is 6.99. The first kappa shape index (κ1) is 13.0. The zero-order valence-electron chi connectivity index (χ0n) is 11.6. The first-order chi connectivity index (χ1) is 9.58. The highest BCUT2D eigenvalue weighted by molar-refractivity contribution is 5.92. The minimum atomic E-state index is -0.419. The van der Waals surface area contributed by atoms with E-state index in [0.29, 0.717) is 31.7 Å². The van der Waals surface area contributed by atoms with Crippen LogP contribution in [0.3, 0.4) is 0 Å². The second-order valence-corrected chi connectivity index (χ2v) is 5.66. The van der Waals surface area contributed by atoms with Gasteiger partial charge in [0, 0.05) is 25.7 Å². The predicted octanol–water partition coefficient (Wildman–Crippen LogP) is 1.43. The van der Waals surface area contributed by atoms with Crippen LogP contribution < -0.4 is 5.32 Å². The van der Waals surface area contributed by atoms with Crippen molar-refractivity contribution in [2.75, 3.05) is 19.6 Å². The molecule has 3 heterocycles. The summed E-state index contributed by atoms with van der Waals surface area (Å²) in [6.45, 7) is 3.83. The van der Waals surface area contributed by atoms with Crippen LogP contribution in [0.4, 0.5) is 4.79 Å². The second-order valence-electron chi connectivity index (χ2n) is 5.66. The molecular formula is C14H19N3O3. The van der Waals surface area contributed by atoms with E-state index in [-0.39, 0.29) is 12.0 Å². The molecule has 6 heteroatoms. The largest absolute Gasteiger partial charge is 0.441 e. The number of carbonyl (C=O) groups excluding carboxylic acids is 2. The van der Waals surface area contributed by atoms with Crippen molar-refractivity contribution in [2.24, 2.45) is 0 Å². The Kier molecular flexibility index (Phi) is 3.16. The number of aromatic nitrogens is 1. The molecule has 0 bridgehead atoms. The summed E-state index contributed by atoms with van der Waals surface area (Å²) in [6, 6.07) is 1.86. The van der Waals surface area contributed by atoms with E-state index in [1.807, 2.05) is 24.1 Å². The van der Waals surface area contributed by atoms with Gasteiger partial charge in [-0.25, -0.2) is 4.79 Å². The third-order valence-corrected chi connectivity index (χ3v) is 4.11. The third kappa shape index (κ3) is 2.37. The third-order valence-electron chi connectivity index (χ3n) is 4.11. The fourth-order valence-electron chi connectivity index (χ4n) is 2.95. The summed E-state index contributed by atoms with van der Waals surface area (Å²) >= 11 is 0. The smallest absolute Gasteiger partial charge is 0.407 e. The van der Waals surface area contributed by atoms with Gasteiger partial charge in [0.1, 0.15) is 11.3 Å². The van der Waals surface area contributed by atoms with Gasteiger partial charge in [-0.1, -0.05) is 0 Å². The molecule has 0 radical (unpaired) electrons. The number of rotatable bonds is 1. The zero-order chi connectivity index (χ0) is 14.2. The molecule has 1 spiro atoms. The van der Waals surface area contributed by atoms with Gasteiger partial charge in [0.05, 0.1) is 6.54 Å². The number of nitrogens with zero attached hydrogens (tertiary/aromatic N) is 1. The maximum atomic E-state index is 12.4. The minimum absolute atomic E-state index is 0.0208. The number of carbonyl (C=O) groups is 2. The number of alkyl carbamates (subject to hydrolysis) is 1. The first-order valence-electron chi connectivity index (χ1n) is 6.99. The standard InChI is InChI=1S/C14H19N3O3/c1-10-7-11(15-8-10)12(18)17-5-2-3-14(4-6-17)9-16-13(19)20-14/h7-8,15H,2-6,9H2,1H3,(H,16,19)/t14-/m1/s1. The van der Waals surface area contributed by atoms with Crippen LogP contribution >= 0.6 is 0 Å². The van der Waals surface area contributed by atoms with Crippen LogP contribution in [0.25, 0.3) is 0 Å². The molecule has 2 fully saturated rings. The van der Waals surface area contributed by atoms with Crippen LogP contribution in [-0.2, 0) is 4.74 Å². The van der Waals surface area contributed by atoms with Gasteiger partial charge >= 0.3 is 6.09 Å². The lowest BCUT2D eigenvalue weighted by atomic mass is 9.95. The van der Waals surface area contributed by atoms with Crippen LogP contribution in [0.1, 0.15) is 35.3 Å². The van der Waals surface area contributed by atoms with Gasteiger partial charge in [-0.05, 0) is 31.4 Å². The molecule has 20 heavy (non-hydrogen) atoms. The lowest BCUT2D eigenvalue weighted by Crippen LogP contribution is -2.36. The number of nitrogens with one attached hydrogen (secondary N) is 2. The maximum Gasteiger partial charge on any atom is 0.407 e. The average molecular weight is 277 g/mol. The predicted molar refractivity (Wildman–Crippen MR) is 72.5 cm³/mol. The van der Waals surface area contributed by atoms with Crippen LogP contribution in [-0.4, -0.2) is 47.1 Å². The molecule has 2 saturated heterocycles. The fourth-order valence-corrected chi connectivity index (χ4v) is 2.95.